The minimum Gasteiger partial charge on any atom is -0.370 e. The van der Waals surface area contributed by atoms with Gasteiger partial charge < -0.3 is 10.2 Å². The Kier molecular flexibility index (Phi) is 5.00. The van der Waals surface area contributed by atoms with Gasteiger partial charge in [-0.3, -0.25) is 9.78 Å². The van der Waals surface area contributed by atoms with Gasteiger partial charge in [0.2, 0.25) is 0 Å². The van der Waals surface area contributed by atoms with Crippen molar-refractivity contribution in [1.29, 1.82) is 0 Å². The molecule has 0 saturated carbocycles. The molecule has 1 aromatic carbocycles. The number of pyridine rings is 1. The predicted octanol–water partition coefficient (Wildman–Crippen LogP) is 2.57. The number of aromatic nitrogens is 1. The molecule has 0 aliphatic carbocycles. The molecule has 2 heterocycles. The maximum Gasteiger partial charge on any atom is 0.274 e. The Bertz CT molecular complexity index is 941. The fraction of sp³-hybridized carbons (Fsp3) is 0.368. The Balaban J connectivity index is 1.78. The molecule has 0 radical (unpaired) electrons. The van der Waals surface area contributed by atoms with E-state index in [4.69, 9.17) is 0 Å². The molecule has 26 heavy (non-hydrogen) atoms. The van der Waals surface area contributed by atoms with E-state index in [1.807, 2.05) is 44.0 Å². The van der Waals surface area contributed by atoms with E-state index in [1.54, 1.807) is 18.3 Å². The van der Waals surface area contributed by atoms with E-state index in [1.165, 1.54) is 0 Å². The van der Waals surface area contributed by atoms with Crippen LogP contribution in [0.1, 0.15) is 28.0 Å². The summed E-state index contributed by atoms with van der Waals surface area (Å²) in [5.74, 6) is 0.0797. The Morgan fingerprint density at radius 1 is 1.23 bits per heavy atom. The quantitative estimate of drug-likeness (QED) is 0.891. The molecule has 2 aromatic rings. The zero-order valence-electron chi connectivity index (χ0n) is 15.2. The van der Waals surface area contributed by atoms with E-state index in [0.29, 0.717) is 12.1 Å². The Morgan fingerprint density at radius 2 is 2.00 bits per heavy atom. The molecule has 1 atom stereocenters. The van der Waals surface area contributed by atoms with Gasteiger partial charge in [0.15, 0.2) is 9.84 Å². The molecule has 1 fully saturated rings. The molecule has 1 amide bonds. The van der Waals surface area contributed by atoms with Gasteiger partial charge in [0.05, 0.1) is 11.5 Å². The first kappa shape index (κ1) is 18.4. The molecule has 3 rings (SSSR count). The second-order valence-electron chi connectivity index (χ2n) is 6.84. The van der Waals surface area contributed by atoms with Crippen molar-refractivity contribution in [3.63, 3.8) is 0 Å². The van der Waals surface area contributed by atoms with Crippen LogP contribution < -0.4 is 10.2 Å². The van der Waals surface area contributed by atoms with Crippen LogP contribution in [0.5, 0.6) is 0 Å². The van der Waals surface area contributed by atoms with Gasteiger partial charge in [-0.1, -0.05) is 12.1 Å². The first-order valence-corrected chi connectivity index (χ1v) is 10.4. The predicted molar refractivity (Wildman–Crippen MR) is 104 cm³/mol. The smallest absolute Gasteiger partial charge is 0.274 e. The molecule has 6 nitrogen and oxygen atoms in total. The molecule has 138 valence electrons. The van der Waals surface area contributed by atoms with Crippen molar-refractivity contribution >= 4 is 27.1 Å². The van der Waals surface area contributed by atoms with E-state index >= 15 is 0 Å². The van der Waals surface area contributed by atoms with Crippen LogP contribution in [-0.4, -0.2) is 43.9 Å². The molecular weight excluding hydrogens is 350 g/mol. The molecule has 0 spiro atoms. The van der Waals surface area contributed by atoms with Gasteiger partial charge in [0, 0.05) is 30.7 Å². The van der Waals surface area contributed by atoms with E-state index < -0.39 is 9.84 Å². The van der Waals surface area contributed by atoms with E-state index in [0.717, 1.165) is 22.5 Å². The Labute approximate surface area is 154 Å². The number of rotatable bonds is 4. The number of sulfone groups is 1. The van der Waals surface area contributed by atoms with Gasteiger partial charge in [-0.15, -0.1) is 0 Å². The lowest BCUT2D eigenvalue weighted by Crippen LogP contribution is -2.32. The minimum atomic E-state index is -2.96. The summed E-state index contributed by atoms with van der Waals surface area (Å²) in [6.07, 6.45) is 2.18. The van der Waals surface area contributed by atoms with Crippen LogP contribution in [0.2, 0.25) is 0 Å². The topological polar surface area (TPSA) is 79.4 Å². The van der Waals surface area contributed by atoms with Crippen LogP contribution in [0.4, 0.5) is 11.4 Å². The van der Waals surface area contributed by atoms with E-state index in [2.05, 4.69) is 10.3 Å². The summed E-state index contributed by atoms with van der Waals surface area (Å²) in [6.45, 7) is 3.91. The van der Waals surface area contributed by atoms with Crippen molar-refractivity contribution < 1.29 is 13.2 Å². The van der Waals surface area contributed by atoms with E-state index in [-0.39, 0.29) is 23.5 Å². The van der Waals surface area contributed by atoms with Gasteiger partial charge in [-0.2, -0.15) is 0 Å². The lowest BCUT2D eigenvalue weighted by Gasteiger charge is -2.25. The number of anilines is 2. The summed E-state index contributed by atoms with van der Waals surface area (Å²) in [7, 11) is -1.11. The Morgan fingerprint density at radius 3 is 2.69 bits per heavy atom. The highest BCUT2D eigenvalue weighted by molar-refractivity contribution is 7.91. The third-order valence-electron chi connectivity index (χ3n) is 4.78. The summed E-state index contributed by atoms with van der Waals surface area (Å²) >= 11 is 0. The minimum absolute atomic E-state index is 0.0719. The molecule has 1 aromatic heterocycles. The second kappa shape index (κ2) is 7.07. The van der Waals surface area contributed by atoms with Crippen molar-refractivity contribution in [2.24, 2.45) is 0 Å². The standard InChI is InChI=1S/C19H23N3O3S/c1-13-4-5-14(2)17(10-13)21-19(23)18-11-15(6-8-20-18)22(3)16-7-9-26(24,25)12-16/h4-6,8,10-11,16H,7,9,12H2,1-3H3,(H,21,23). The molecule has 1 unspecified atom stereocenters. The number of nitrogens with zero attached hydrogens (tertiary/aromatic N) is 2. The van der Waals surface area contributed by atoms with Gasteiger partial charge in [0.25, 0.3) is 5.91 Å². The number of amides is 1. The van der Waals surface area contributed by atoms with E-state index in [9.17, 15) is 13.2 Å². The number of carbonyl (C=O) groups is 1. The summed E-state index contributed by atoms with van der Waals surface area (Å²) in [5, 5.41) is 2.90. The highest BCUT2D eigenvalue weighted by Crippen LogP contribution is 2.24. The summed E-state index contributed by atoms with van der Waals surface area (Å²) in [6, 6.07) is 9.30. The summed E-state index contributed by atoms with van der Waals surface area (Å²) in [5.41, 5.74) is 3.89. The molecule has 1 aliphatic heterocycles. The monoisotopic (exact) mass is 373 g/mol. The van der Waals surface area contributed by atoms with Gasteiger partial charge in [-0.25, -0.2) is 8.42 Å². The third-order valence-corrected chi connectivity index (χ3v) is 6.53. The van der Waals surface area contributed by atoms with Crippen molar-refractivity contribution in [2.45, 2.75) is 26.3 Å². The molecule has 1 saturated heterocycles. The lowest BCUT2D eigenvalue weighted by atomic mass is 10.1. The van der Waals surface area contributed by atoms with Crippen molar-refractivity contribution in [2.75, 3.05) is 28.8 Å². The van der Waals surface area contributed by atoms with Crippen molar-refractivity contribution in [1.82, 2.24) is 4.98 Å². The zero-order valence-corrected chi connectivity index (χ0v) is 16.0. The number of hydrogen-bond donors (Lipinski definition) is 1. The zero-order chi connectivity index (χ0) is 18.9. The highest BCUT2D eigenvalue weighted by Gasteiger charge is 2.31. The summed E-state index contributed by atoms with van der Waals surface area (Å²) < 4.78 is 23.4. The van der Waals surface area contributed by atoms with Gasteiger partial charge in [0.1, 0.15) is 5.69 Å². The van der Waals surface area contributed by atoms with Crippen LogP contribution in [0.25, 0.3) is 0 Å². The normalized spacial score (nSPS) is 18.5. The lowest BCUT2D eigenvalue weighted by molar-refractivity contribution is 0.102. The molecule has 1 aliphatic rings. The van der Waals surface area contributed by atoms with Crippen LogP contribution in [0, 0.1) is 13.8 Å². The number of carbonyl (C=O) groups excluding carboxylic acids is 1. The second-order valence-corrected chi connectivity index (χ2v) is 9.07. The van der Waals surface area contributed by atoms with Gasteiger partial charge >= 0.3 is 0 Å². The SMILES string of the molecule is Cc1ccc(C)c(NC(=O)c2cc(N(C)C3CCS(=O)(=O)C3)ccn2)c1. The van der Waals surface area contributed by atoms with Crippen LogP contribution in [0.15, 0.2) is 36.5 Å². The number of benzene rings is 1. The molecule has 0 bridgehead atoms. The number of hydrogen-bond acceptors (Lipinski definition) is 5. The number of aryl methyl sites for hydroxylation is 2. The highest BCUT2D eigenvalue weighted by atomic mass is 32.2. The first-order valence-electron chi connectivity index (χ1n) is 8.53. The average Bonchev–Trinajstić information content (AvgIpc) is 2.97. The summed E-state index contributed by atoms with van der Waals surface area (Å²) in [4.78, 5) is 18.7. The largest absolute Gasteiger partial charge is 0.370 e. The molecule has 7 heteroatoms. The van der Waals surface area contributed by atoms with Crippen LogP contribution in [-0.2, 0) is 9.84 Å². The fourth-order valence-electron chi connectivity index (χ4n) is 3.11. The maximum atomic E-state index is 12.6. The van der Waals surface area contributed by atoms with Crippen molar-refractivity contribution in [3.8, 4) is 0 Å². The third kappa shape index (κ3) is 4.04. The number of nitrogens with one attached hydrogen (secondary N) is 1. The maximum absolute atomic E-state index is 12.6. The van der Waals surface area contributed by atoms with Crippen LogP contribution >= 0.6 is 0 Å². The van der Waals surface area contributed by atoms with Crippen molar-refractivity contribution in [3.05, 3.63) is 53.3 Å². The average molecular weight is 373 g/mol. The van der Waals surface area contributed by atoms with Gasteiger partial charge in [-0.05, 0) is 49.6 Å². The molecule has 1 N–H and O–H groups in total. The molecular formula is C19H23N3O3S. The fourth-order valence-corrected chi connectivity index (χ4v) is 4.89. The Hall–Kier alpha value is -2.41. The first-order chi connectivity index (χ1) is 12.2. The van der Waals surface area contributed by atoms with Crippen LogP contribution in [0.3, 0.4) is 0 Å².